The average molecular weight is 399 g/mol. The van der Waals surface area contributed by atoms with Gasteiger partial charge >= 0.3 is 0 Å². The van der Waals surface area contributed by atoms with Crippen LogP contribution in [0.5, 0.6) is 0 Å². The lowest BCUT2D eigenvalue weighted by Gasteiger charge is -2.35. The van der Waals surface area contributed by atoms with Crippen LogP contribution in [-0.4, -0.2) is 34.2 Å². The van der Waals surface area contributed by atoms with Gasteiger partial charge < -0.3 is 4.15 Å². The molecule has 0 saturated carbocycles. The fourth-order valence-electron chi connectivity index (χ4n) is 4.21. The minimum Gasteiger partial charge on any atom is -0.391 e. The first kappa shape index (κ1) is 27.2. The van der Waals surface area contributed by atoms with Gasteiger partial charge in [0.05, 0.1) is 19.6 Å². The van der Waals surface area contributed by atoms with Crippen molar-refractivity contribution in [1.82, 2.24) is 0 Å². The Labute approximate surface area is 177 Å². The van der Waals surface area contributed by atoms with Crippen molar-refractivity contribution in [3.63, 3.8) is 0 Å². The Morgan fingerprint density at radius 2 is 0.963 bits per heavy atom. The third-order valence-electron chi connectivity index (χ3n) is 7.15. The summed E-state index contributed by atoms with van der Waals surface area (Å²) in [5, 5.41) is 0. The van der Waals surface area contributed by atoms with Gasteiger partial charge in [-0.3, -0.25) is 0 Å². The monoisotopic (exact) mass is 398 g/mol. The van der Waals surface area contributed by atoms with Gasteiger partial charge in [-0.1, -0.05) is 117 Å². The average Bonchev–Trinajstić information content (AvgIpc) is 2.70. The third kappa shape index (κ3) is 16.8. The molecule has 27 heavy (non-hydrogen) atoms. The van der Waals surface area contributed by atoms with E-state index in [0.717, 1.165) is 5.92 Å². The first-order chi connectivity index (χ1) is 13.1. The van der Waals surface area contributed by atoms with E-state index in [1.165, 1.54) is 143 Å². The lowest BCUT2D eigenvalue weighted by Crippen LogP contribution is -2.46. The normalized spacial score (nSPS) is 13.3. The fourth-order valence-corrected chi connectivity index (χ4v) is 4.47. The summed E-state index contributed by atoms with van der Waals surface area (Å²) < 4.78 is 1.40. The van der Waals surface area contributed by atoms with E-state index < -0.39 is 0 Å². The van der Waals surface area contributed by atoms with Crippen molar-refractivity contribution in [2.75, 3.05) is 19.6 Å². The maximum absolute atomic E-state index is 2.41. The van der Waals surface area contributed by atoms with Crippen molar-refractivity contribution in [2.24, 2.45) is 5.92 Å². The van der Waals surface area contributed by atoms with Crippen LogP contribution in [0, 0.1) is 5.92 Å². The molecule has 0 amide bonds. The molecule has 0 heterocycles. The molecular formula is C25H56NSi+. The zero-order valence-electron chi connectivity index (χ0n) is 20.2. The highest BCUT2D eigenvalue weighted by Gasteiger charge is 2.17. The molecule has 0 saturated heterocycles. The number of rotatable bonds is 21. The summed E-state index contributed by atoms with van der Waals surface area (Å²) >= 11 is 0. The highest BCUT2D eigenvalue weighted by atomic mass is 28.2. The summed E-state index contributed by atoms with van der Waals surface area (Å²) in [6, 6.07) is 0. The van der Waals surface area contributed by atoms with E-state index in [1.54, 1.807) is 0 Å². The number of quaternary nitrogens is 1. The van der Waals surface area contributed by atoms with Crippen molar-refractivity contribution >= 4 is 10.4 Å². The summed E-state index contributed by atoms with van der Waals surface area (Å²) in [5.74, 6) is 0.992. The first-order valence-corrected chi connectivity index (χ1v) is 13.8. The van der Waals surface area contributed by atoms with Crippen molar-refractivity contribution in [3.8, 4) is 0 Å². The van der Waals surface area contributed by atoms with E-state index in [9.17, 15) is 0 Å². The van der Waals surface area contributed by atoms with Crippen LogP contribution in [0.15, 0.2) is 0 Å². The molecule has 0 aromatic carbocycles. The molecule has 0 radical (unpaired) electrons. The molecule has 0 rings (SSSR count). The molecule has 2 heteroatoms. The van der Waals surface area contributed by atoms with Crippen molar-refractivity contribution < 1.29 is 4.15 Å². The maximum atomic E-state index is 2.41. The predicted octanol–water partition coefficient (Wildman–Crippen LogP) is 7.41. The molecule has 0 aliphatic rings. The van der Waals surface area contributed by atoms with Crippen LogP contribution in [-0.2, 0) is 0 Å². The summed E-state index contributed by atoms with van der Waals surface area (Å²) in [6.45, 7) is 13.6. The van der Waals surface area contributed by atoms with Crippen LogP contribution in [0.2, 0.25) is 0 Å². The van der Waals surface area contributed by atoms with Crippen LogP contribution in [0.1, 0.15) is 137 Å². The minimum atomic E-state index is 0.992. The number of nitrogens with zero attached hydrogens (tertiary/aromatic N) is 1. The van der Waals surface area contributed by atoms with E-state index in [1.807, 2.05) is 0 Å². The van der Waals surface area contributed by atoms with Gasteiger partial charge in [0.2, 0.25) is 10.4 Å². The Balaban J connectivity index is 3.41. The number of hydrogen-bond donors (Lipinski definition) is 0. The molecular weight excluding hydrogens is 342 g/mol. The Morgan fingerprint density at radius 3 is 1.33 bits per heavy atom. The van der Waals surface area contributed by atoms with Crippen LogP contribution in [0.25, 0.3) is 0 Å². The molecule has 0 aromatic rings. The van der Waals surface area contributed by atoms with E-state index in [-0.39, 0.29) is 0 Å². The quantitative estimate of drug-likeness (QED) is 0.139. The van der Waals surface area contributed by atoms with E-state index in [0.29, 0.717) is 0 Å². The van der Waals surface area contributed by atoms with Crippen LogP contribution < -0.4 is 0 Å². The molecule has 1 unspecified atom stereocenters. The van der Waals surface area contributed by atoms with Gasteiger partial charge in [0.25, 0.3) is 0 Å². The van der Waals surface area contributed by atoms with E-state index in [2.05, 4.69) is 27.7 Å². The Kier molecular flexibility index (Phi) is 19.6. The van der Waals surface area contributed by atoms with Crippen LogP contribution >= 0.6 is 0 Å². The van der Waals surface area contributed by atoms with Gasteiger partial charge in [-0.15, -0.1) is 0 Å². The summed E-state index contributed by atoms with van der Waals surface area (Å²) in [5.41, 5.74) is 0. The zero-order valence-corrected chi connectivity index (χ0v) is 22.2. The second-order valence-electron chi connectivity index (χ2n) is 9.42. The summed E-state index contributed by atoms with van der Waals surface area (Å²) in [4.78, 5) is 0. The highest BCUT2D eigenvalue weighted by molar-refractivity contribution is 5.97. The molecule has 0 fully saturated rings. The Bertz CT molecular complexity index is 288. The molecule has 1 nitrogen and oxygen atoms in total. The van der Waals surface area contributed by atoms with Crippen LogP contribution in [0.3, 0.4) is 0 Å². The summed E-state index contributed by atoms with van der Waals surface area (Å²) in [7, 11) is 1.32. The van der Waals surface area contributed by atoms with E-state index >= 15 is 0 Å². The second kappa shape index (κ2) is 19.5. The topological polar surface area (TPSA) is 0 Å². The fraction of sp³-hybridized carbons (Fsp3) is 1.00. The maximum Gasteiger partial charge on any atom is 0.239 e. The standard InChI is InChI=1S/C25H56NSi/c1-5-9-10-11-12-13-14-15-16-17-18-19-20-21-22-25(6-2)23-24-26(27,7-3)8-4/h25H,5-24H2,1-4,27H3/q+1. The van der Waals surface area contributed by atoms with Gasteiger partial charge in [0.15, 0.2) is 0 Å². The Morgan fingerprint density at radius 1 is 0.556 bits per heavy atom. The SMILES string of the molecule is CCCCCCCCCCCCCCCCC(CC)CC[N+]([SiH3])(CC)CC. The predicted molar refractivity (Wildman–Crippen MR) is 129 cm³/mol. The van der Waals surface area contributed by atoms with Crippen molar-refractivity contribution in [2.45, 2.75) is 137 Å². The molecule has 0 aliphatic carbocycles. The molecule has 0 aromatic heterocycles. The molecule has 0 aliphatic heterocycles. The summed E-state index contributed by atoms with van der Waals surface area (Å²) in [6.07, 6.45) is 25.0. The highest BCUT2D eigenvalue weighted by Crippen LogP contribution is 2.20. The van der Waals surface area contributed by atoms with Gasteiger partial charge in [0.1, 0.15) is 0 Å². The third-order valence-corrected chi connectivity index (χ3v) is 8.86. The lowest BCUT2D eigenvalue weighted by molar-refractivity contribution is -0.813. The zero-order chi connectivity index (χ0) is 20.2. The molecule has 1 atom stereocenters. The van der Waals surface area contributed by atoms with Gasteiger partial charge in [-0.25, -0.2) is 0 Å². The van der Waals surface area contributed by atoms with Crippen molar-refractivity contribution in [3.05, 3.63) is 0 Å². The number of hydrogen-bond acceptors (Lipinski definition) is 0. The smallest absolute Gasteiger partial charge is 0.239 e. The van der Waals surface area contributed by atoms with Gasteiger partial charge in [-0.2, -0.15) is 0 Å². The van der Waals surface area contributed by atoms with Crippen molar-refractivity contribution in [1.29, 1.82) is 0 Å². The molecule has 0 N–H and O–H groups in total. The Hall–Kier alpha value is 0.177. The second-order valence-corrected chi connectivity index (χ2v) is 11.3. The lowest BCUT2D eigenvalue weighted by atomic mass is 9.94. The molecule has 164 valence electrons. The van der Waals surface area contributed by atoms with E-state index in [4.69, 9.17) is 0 Å². The van der Waals surface area contributed by atoms with Gasteiger partial charge in [-0.05, 0) is 26.2 Å². The van der Waals surface area contributed by atoms with Crippen LogP contribution in [0.4, 0.5) is 0 Å². The number of unbranched alkanes of at least 4 members (excludes halogenated alkanes) is 13. The first-order valence-electron chi connectivity index (χ1n) is 12.9. The minimum absolute atomic E-state index is 0.992. The largest absolute Gasteiger partial charge is 0.391 e. The molecule has 0 bridgehead atoms. The van der Waals surface area contributed by atoms with Gasteiger partial charge in [0, 0.05) is 0 Å². The molecule has 0 spiro atoms.